The van der Waals surface area contributed by atoms with Crippen LogP contribution >= 0.6 is 0 Å². The van der Waals surface area contributed by atoms with Crippen LogP contribution in [0.2, 0.25) is 0 Å². The van der Waals surface area contributed by atoms with Gasteiger partial charge in [0.25, 0.3) is 0 Å². The zero-order valence-electron chi connectivity index (χ0n) is 14.3. The highest BCUT2D eigenvalue weighted by Gasteiger charge is 2.17. The van der Waals surface area contributed by atoms with Crippen molar-refractivity contribution < 1.29 is 0 Å². The van der Waals surface area contributed by atoms with E-state index >= 15 is 0 Å². The lowest BCUT2D eigenvalue weighted by molar-refractivity contribution is 1.25. The molecule has 0 aliphatic rings. The van der Waals surface area contributed by atoms with E-state index in [-0.39, 0.29) is 0 Å². The Morgan fingerprint density at radius 1 is 0.423 bits per heavy atom. The summed E-state index contributed by atoms with van der Waals surface area (Å²) in [7, 11) is 0. The molecule has 2 heteroatoms. The zero-order valence-corrected chi connectivity index (χ0v) is 14.3. The van der Waals surface area contributed by atoms with E-state index in [0.717, 1.165) is 33.7 Å². The number of benzene rings is 2. The molecule has 124 valence electrons. The molecule has 4 aromatic rings. The summed E-state index contributed by atoms with van der Waals surface area (Å²) in [6, 6.07) is 32.8. The van der Waals surface area contributed by atoms with E-state index in [0.29, 0.717) is 0 Å². The Balaban J connectivity index is 2.09. The van der Waals surface area contributed by atoms with Crippen LogP contribution in [-0.2, 0) is 0 Å². The molecule has 2 aromatic heterocycles. The lowest BCUT2D eigenvalue weighted by Crippen LogP contribution is -2.00. The van der Waals surface area contributed by atoms with E-state index in [2.05, 4.69) is 58.5 Å². The SMILES string of the molecule is c1ccc(/C(=C(/c2ccccc2)c2ccccn2)c2ccccn2)cc1. The first-order chi connectivity index (χ1) is 12.9. The summed E-state index contributed by atoms with van der Waals surface area (Å²) in [5, 5.41) is 0. The summed E-state index contributed by atoms with van der Waals surface area (Å²) in [6.07, 6.45) is 3.67. The highest BCUT2D eigenvalue weighted by atomic mass is 14.7. The largest absolute Gasteiger partial charge is 0.256 e. The highest BCUT2D eigenvalue weighted by Crippen LogP contribution is 2.34. The third-order valence-electron chi connectivity index (χ3n) is 4.22. The number of nitrogens with zero attached hydrogens (tertiary/aromatic N) is 2. The van der Waals surface area contributed by atoms with Gasteiger partial charge in [-0.2, -0.15) is 0 Å². The van der Waals surface area contributed by atoms with Crippen LogP contribution in [0.4, 0.5) is 0 Å². The van der Waals surface area contributed by atoms with Crippen molar-refractivity contribution in [3.8, 4) is 0 Å². The predicted octanol–water partition coefficient (Wildman–Crippen LogP) is 5.48. The number of hydrogen-bond donors (Lipinski definition) is 0. The van der Waals surface area contributed by atoms with Crippen LogP contribution in [-0.4, -0.2) is 9.97 Å². The normalized spacial score (nSPS) is 11.7. The van der Waals surface area contributed by atoms with E-state index in [1.165, 1.54) is 0 Å². The van der Waals surface area contributed by atoms with Gasteiger partial charge in [-0.3, -0.25) is 9.97 Å². The summed E-state index contributed by atoms with van der Waals surface area (Å²) in [6.45, 7) is 0. The molecule has 0 bridgehead atoms. The van der Waals surface area contributed by atoms with Crippen LogP contribution in [0.15, 0.2) is 109 Å². The molecule has 26 heavy (non-hydrogen) atoms. The standard InChI is InChI=1S/C24H18N2/c1-3-11-19(12-4-1)23(21-15-7-9-17-25-21)24(20-13-5-2-6-14-20)22-16-8-10-18-26-22/h1-18H/b24-23+. The van der Waals surface area contributed by atoms with Gasteiger partial charge >= 0.3 is 0 Å². The van der Waals surface area contributed by atoms with E-state index in [1.807, 2.05) is 60.9 Å². The molecule has 0 unspecified atom stereocenters. The van der Waals surface area contributed by atoms with Crippen LogP contribution in [0.3, 0.4) is 0 Å². The Hall–Kier alpha value is -3.52. The average molecular weight is 334 g/mol. The lowest BCUT2D eigenvalue weighted by Gasteiger charge is -2.16. The van der Waals surface area contributed by atoms with E-state index in [1.54, 1.807) is 0 Å². The fourth-order valence-electron chi connectivity index (χ4n) is 3.07. The Bertz CT molecular complexity index is 825. The minimum Gasteiger partial charge on any atom is -0.256 e. The van der Waals surface area contributed by atoms with Gasteiger partial charge in [0.05, 0.1) is 11.4 Å². The number of pyridine rings is 2. The molecular formula is C24H18N2. The number of aromatic nitrogens is 2. The van der Waals surface area contributed by atoms with Gasteiger partial charge in [0.15, 0.2) is 0 Å². The van der Waals surface area contributed by atoms with Crippen molar-refractivity contribution in [2.75, 3.05) is 0 Å². The Morgan fingerprint density at radius 3 is 1.15 bits per heavy atom. The molecule has 0 saturated carbocycles. The van der Waals surface area contributed by atoms with Gasteiger partial charge in [-0.15, -0.1) is 0 Å². The molecular weight excluding hydrogens is 316 g/mol. The quantitative estimate of drug-likeness (QED) is 0.462. The van der Waals surface area contributed by atoms with Crippen molar-refractivity contribution >= 4 is 11.1 Å². The first-order valence-electron chi connectivity index (χ1n) is 8.61. The summed E-state index contributed by atoms with van der Waals surface area (Å²) in [5.74, 6) is 0. The Morgan fingerprint density at radius 2 is 0.808 bits per heavy atom. The van der Waals surface area contributed by atoms with Crippen LogP contribution in [0.25, 0.3) is 11.1 Å². The van der Waals surface area contributed by atoms with Gasteiger partial charge in [0.2, 0.25) is 0 Å². The summed E-state index contributed by atoms with van der Waals surface area (Å²) in [5.41, 5.74) is 6.27. The molecule has 0 spiro atoms. The third kappa shape index (κ3) is 3.31. The molecule has 0 aliphatic heterocycles. The van der Waals surface area contributed by atoms with Crippen LogP contribution in [0.1, 0.15) is 22.5 Å². The number of hydrogen-bond acceptors (Lipinski definition) is 2. The van der Waals surface area contributed by atoms with E-state index in [9.17, 15) is 0 Å². The summed E-state index contributed by atoms with van der Waals surface area (Å²) < 4.78 is 0. The first-order valence-corrected chi connectivity index (χ1v) is 8.61. The molecule has 4 rings (SSSR count). The van der Waals surface area contributed by atoms with Crippen molar-refractivity contribution in [3.63, 3.8) is 0 Å². The first kappa shape index (κ1) is 16.0. The molecule has 0 saturated heterocycles. The average Bonchev–Trinajstić information content (AvgIpc) is 2.74. The van der Waals surface area contributed by atoms with Gasteiger partial charge in [0.1, 0.15) is 0 Å². The molecule has 2 aromatic carbocycles. The molecule has 2 heterocycles. The zero-order chi connectivity index (χ0) is 17.6. The maximum Gasteiger partial charge on any atom is 0.0715 e. The second-order valence-corrected chi connectivity index (χ2v) is 5.91. The van der Waals surface area contributed by atoms with Gasteiger partial charge < -0.3 is 0 Å². The second-order valence-electron chi connectivity index (χ2n) is 5.91. The van der Waals surface area contributed by atoms with Gasteiger partial charge in [0, 0.05) is 23.5 Å². The van der Waals surface area contributed by atoms with Crippen LogP contribution in [0, 0.1) is 0 Å². The monoisotopic (exact) mass is 334 g/mol. The molecule has 2 nitrogen and oxygen atoms in total. The van der Waals surface area contributed by atoms with Crippen LogP contribution in [0.5, 0.6) is 0 Å². The molecule has 0 aliphatic carbocycles. The molecule has 0 atom stereocenters. The molecule has 0 N–H and O–H groups in total. The molecule has 0 radical (unpaired) electrons. The highest BCUT2D eigenvalue weighted by molar-refractivity contribution is 6.03. The second kappa shape index (κ2) is 7.58. The lowest BCUT2D eigenvalue weighted by atomic mass is 9.90. The summed E-state index contributed by atoms with van der Waals surface area (Å²) in [4.78, 5) is 9.28. The van der Waals surface area contributed by atoms with E-state index < -0.39 is 0 Å². The Kier molecular flexibility index (Phi) is 4.66. The minimum absolute atomic E-state index is 0.934. The number of rotatable bonds is 4. The molecule has 0 amide bonds. The maximum atomic E-state index is 4.64. The van der Waals surface area contributed by atoms with Crippen molar-refractivity contribution in [2.24, 2.45) is 0 Å². The maximum absolute atomic E-state index is 4.64. The Labute approximate surface area is 153 Å². The topological polar surface area (TPSA) is 25.8 Å². The van der Waals surface area contributed by atoms with Gasteiger partial charge in [-0.05, 0) is 35.4 Å². The fraction of sp³-hybridized carbons (Fsp3) is 0. The summed E-state index contributed by atoms with van der Waals surface area (Å²) >= 11 is 0. The van der Waals surface area contributed by atoms with Crippen molar-refractivity contribution in [1.82, 2.24) is 9.97 Å². The van der Waals surface area contributed by atoms with Crippen molar-refractivity contribution in [2.45, 2.75) is 0 Å². The predicted molar refractivity (Wildman–Crippen MR) is 106 cm³/mol. The van der Waals surface area contributed by atoms with Gasteiger partial charge in [-0.25, -0.2) is 0 Å². The third-order valence-corrected chi connectivity index (χ3v) is 4.22. The molecule has 0 fully saturated rings. The fourth-order valence-corrected chi connectivity index (χ4v) is 3.07. The minimum atomic E-state index is 0.934. The van der Waals surface area contributed by atoms with Crippen LogP contribution < -0.4 is 0 Å². The smallest absolute Gasteiger partial charge is 0.0715 e. The van der Waals surface area contributed by atoms with Crippen molar-refractivity contribution in [3.05, 3.63) is 132 Å². The van der Waals surface area contributed by atoms with Gasteiger partial charge in [-0.1, -0.05) is 72.8 Å². The van der Waals surface area contributed by atoms with Crippen molar-refractivity contribution in [1.29, 1.82) is 0 Å². The van der Waals surface area contributed by atoms with E-state index in [4.69, 9.17) is 0 Å².